The van der Waals surface area contributed by atoms with Crippen molar-refractivity contribution in [2.24, 2.45) is 11.8 Å². The molecule has 0 aromatic heterocycles. The highest BCUT2D eigenvalue weighted by Gasteiger charge is 2.51. The average Bonchev–Trinajstić information content (AvgIpc) is 3.30. The van der Waals surface area contributed by atoms with E-state index in [0.717, 1.165) is 44.9 Å². The molecule has 2 N–H and O–H groups in total. The van der Waals surface area contributed by atoms with Crippen LogP contribution in [0.5, 0.6) is 0 Å². The van der Waals surface area contributed by atoms with Crippen LogP contribution in [0.2, 0.25) is 0 Å². The zero-order valence-electron chi connectivity index (χ0n) is 12.5. The molecule has 1 heterocycles. The molecule has 3 fully saturated rings. The van der Waals surface area contributed by atoms with Crippen LogP contribution in [0.25, 0.3) is 0 Å². The number of piperazine rings is 1. The van der Waals surface area contributed by atoms with Crippen LogP contribution >= 0.6 is 0 Å². The molecule has 0 aromatic carbocycles. The number of likely N-dealkylation sites (N-methyl/N-ethyl adjacent to an activating group) is 1. The second kappa shape index (κ2) is 5.62. The van der Waals surface area contributed by atoms with Gasteiger partial charge in [0.25, 0.3) is 0 Å². The van der Waals surface area contributed by atoms with Gasteiger partial charge in [-0.25, -0.2) is 0 Å². The lowest BCUT2D eigenvalue weighted by Crippen LogP contribution is -2.61. The van der Waals surface area contributed by atoms with Gasteiger partial charge in [-0.15, -0.1) is 0 Å². The van der Waals surface area contributed by atoms with Crippen LogP contribution in [0, 0.1) is 11.8 Å². The van der Waals surface area contributed by atoms with E-state index in [1.54, 1.807) is 7.05 Å². The molecule has 0 radical (unpaired) electrons. The van der Waals surface area contributed by atoms with Gasteiger partial charge in [-0.05, 0) is 44.6 Å². The zero-order chi connectivity index (χ0) is 14.2. The minimum Gasteiger partial charge on any atom is -0.480 e. The molecule has 0 amide bonds. The molecule has 5 heteroatoms. The first kappa shape index (κ1) is 14.3. The lowest BCUT2D eigenvalue weighted by Gasteiger charge is -2.40. The lowest BCUT2D eigenvalue weighted by atomic mass is 9.92. The number of nitrogens with zero attached hydrogens (tertiary/aromatic N) is 2. The maximum Gasteiger partial charge on any atom is 0.325 e. The Morgan fingerprint density at radius 1 is 1.15 bits per heavy atom. The van der Waals surface area contributed by atoms with Crippen LogP contribution < -0.4 is 5.32 Å². The van der Waals surface area contributed by atoms with Gasteiger partial charge < -0.3 is 15.3 Å². The van der Waals surface area contributed by atoms with Gasteiger partial charge in [0.2, 0.25) is 0 Å². The van der Waals surface area contributed by atoms with Crippen molar-refractivity contribution < 1.29 is 9.90 Å². The second-order valence-corrected chi connectivity index (χ2v) is 6.82. The summed E-state index contributed by atoms with van der Waals surface area (Å²) in [6.07, 6.45) is 4.91. The molecule has 1 aliphatic heterocycles. The quantitative estimate of drug-likeness (QED) is 0.710. The standard InChI is InChI=1S/C15H27N3O2/c1-16-15(14(19)20,13-4-5-13)11-18-8-6-17(7-9-18)10-12-2-3-12/h12-13,16H,2-11H2,1H3,(H,19,20). The molecular weight excluding hydrogens is 254 g/mol. The van der Waals surface area contributed by atoms with E-state index in [2.05, 4.69) is 15.1 Å². The summed E-state index contributed by atoms with van der Waals surface area (Å²) >= 11 is 0. The number of hydrogen-bond acceptors (Lipinski definition) is 4. The molecule has 0 aromatic rings. The van der Waals surface area contributed by atoms with E-state index in [9.17, 15) is 9.90 Å². The van der Waals surface area contributed by atoms with Crippen LogP contribution in [-0.4, -0.2) is 72.7 Å². The largest absolute Gasteiger partial charge is 0.480 e. The third kappa shape index (κ3) is 3.00. The third-order valence-electron chi connectivity index (χ3n) is 5.25. The first-order chi connectivity index (χ1) is 9.64. The number of nitrogens with one attached hydrogen (secondary N) is 1. The van der Waals surface area contributed by atoms with Crippen molar-refractivity contribution >= 4 is 5.97 Å². The summed E-state index contributed by atoms with van der Waals surface area (Å²) < 4.78 is 0. The molecule has 114 valence electrons. The normalized spacial score (nSPS) is 28.2. The topological polar surface area (TPSA) is 55.8 Å². The summed E-state index contributed by atoms with van der Waals surface area (Å²) in [6, 6.07) is 0. The number of hydrogen-bond donors (Lipinski definition) is 2. The van der Waals surface area contributed by atoms with Gasteiger partial charge in [-0.2, -0.15) is 0 Å². The Labute approximate surface area is 121 Å². The third-order valence-corrected chi connectivity index (χ3v) is 5.25. The summed E-state index contributed by atoms with van der Waals surface area (Å²) in [7, 11) is 1.80. The lowest BCUT2D eigenvalue weighted by molar-refractivity contribution is -0.147. The molecule has 1 atom stereocenters. The van der Waals surface area contributed by atoms with Crippen molar-refractivity contribution in [2.75, 3.05) is 46.3 Å². The van der Waals surface area contributed by atoms with Gasteiger partial charge in [-0.1, -0.05) is 0 Å². The molecule has 3 aliphatic rings. The fourth-order valence-corrected chi connectivity index (χ4v) is 3.49. The van der Waals surface area contributed by atoms with Crippen molar-refractivity contribution in [3.8, 4) is 0 Å². The van der Waals surface area contributed by atoms with E-state index < -0.39 is 11.5 Å². The summed E-state index contributed by atoms with van der Waals surface area (Å²) in [5.41, 5.74) is -0.724. The fourth-order valence-electron chi connectivity index (χ4n) is 3.49. The van der Waals surface area contributed by atoms with Crippen molar-refractivity contribution in [1.82, 2.24) is 15.1 Å². The van der Waals surface area contributed by atoms with Gasteiger partial charge >= 0.3 is 5.97 Å². The Balaban J connectivity index is 1.52. The highest BCUT2D eigenvalue weighted by Crippen LogP contribution is 2.40. The Morgan fingerprint density at radius 3 is 2.20 bits per heavy atom. The number of carbonyl (C=O) groups is 1. The van der Waals surface area contributed by atoms with Gasteiger partial charge in [0.05, 0.1) is 0 Å². The van der Waals surface area contributed by atoms with Crippen molar-refractivity contribution in [1.29, 1.82) is 0 Å². The predicted molar refractivity (Wildman–Crippen MR) is 77.8 cm³/mol. The molecule has 0 spiro atoms. The van der Waals surface area contributed by atoms with Crippen LogP contribution in [-0.2, 0) is 4.79 Å². The average molecular weight is 281 g/mol. The first-order valence-electron chi connectivity index (χ1n) is 8.01. The second-order valence-electron chi connectivity index (χ2n) is 6.82. The monoisotopic (exact) mass is 281 g/mol. The number of rotatable bonds is 7. The minimum atomic E-state index is -0.724. The van der Waals surface area contributed by atoms with Crippen LogP contribution in [0.1, 0.15) is 25.7 Å². The van der Waals surface area contributed by atoms with Crippen LogP contribution in [0.15, 0.2) is 0 Å². The number of carboxylic acid groups (broad SMARTS) is 1. The van der Waals surface area contributed by atoms with Gasteiger partial charge in [0.15, 0.2) is 0 Å². The molecule has 1 unspecified atom stereocenters. The van der Waals surface area contributed by atoms with E-state index in [-0.39, 0.29) is 0 Å². The van der Waals surface area contributed by atoms with Crippen molar-refractivity contribution in [3.05, 3.63) is 0 Å². The minimum absolute atomic E-state index is 0.314. The number of carboxylic acids is 1. The SMILES string of the molecule is CNC(CN1CCN(CC2CC2)CC1)(C(=O)O)C1CC1. The fraction of sp³-hybridized carbons (Fsp3) is 0.933. The zero-order valence-corrected chi connectivity index (χ0v) is 12.5. The van der Waals surface area contributed by atoms with E-state index in [1.807, 2.05) is 0 Å². The molecule has 20 heavy (non-hydrogen) atoms. The van der Waals surface area contributed by atoms with Crippen LogP contribution in [0.3, 0.4) is 0 Å². The van der Waals surface area contributed by atoms with E-state index in [1.165, 1.54) is 19.4 Å². The molecule has 2 saturated carbocycles. The van der Waals surface area contributed by atoms with E-state index >= 15 is 0 Å². The molecule has 2 aliphatic carbocycles. The molecular formula is C15H27N3O2. The molecule has 5 nitrogen and oxygen atoms in total. The van der Waals surface area contributed by atoms with Crippen LogP contribution in [0.4, 0.5) is 0 Å². The predicted octanol–water partition coefficient (Wildman–Crippen LogP) is 0.467. The molecule has 0 bridgehead atoms. The Morgan fingerprint density at radius 2 is 1.75 bits per heavy atom. The summed E-state index contributed by atoms with van der Waals surface area (Å²) in [5.74, 6) is 0.584. The molecule has 3 rings (SSSR count). The smallest absolute Gasteiger partial charge is 0.325 e. The maximum absolute atomic E-state index is 11.7. The first-order valence-corrected chi connectivity index (χ1v) is 8.01. The van der Waals surface area contributed by atoms with Crippen molar-refractivity contribution in [3.63, 3.8) is 0 Å². The summed E-state index contributed by atoms with van der Waals surface area (Å²) in [4.78, 5) is 16.6. The summed E-state index contributed by atoms with van der Waals surface area (Å²) in [5, 5.41) is 12.8. The maximum atomic E-state index is 11.7. The van der Waals surface area contributed by atoms with E-state index in [0.29, 0.717) is 12.5 Å². The molecule has 1 saturated heterocycles. The Hall–Kier alpha value is -0.650. The summed E-state index contributed by atoms with van der Waals surface area (Å²) in [6.45, 7) is 6.13. The van der Waals surface area contributed by atoms with Gasteiger partial charge in [0.1, 0.15) is 5.54 Å². The number of aliphatic carboxylic acids is 1. The Kier molecular flexibility index (Phi) is 4.02. The van der Waals surface area contributed by atoms with E-state index in [4.69, 9.17) is 0 Å². The van der Waals surface area contributed by atoms with Gasteiger partial charge in [-0.3, -0.25) is 9.69 Å². The Bertz CT molecular complexity index is 360. The highest BCUT2D eigenvalue weighted by atomic mass is 16.4. The highest BCUT2D eigenvalue weighted by molar-refractivity contribution is 5.80. The van der Waals surface area contributed by atoms with Crippen molar-refractivity contribution in [2.45, 2.75) is 31.2 Å². The van der Waals surface area contributed by atoms with Gasteiger partial charge in [0, 0.05) is 39.3 Å².